The predicted molar refractivity (Wildman–Crippen MR) is 98.5 cm³/mol. The average Bonchev–Trinajstić information content (AvgIpc) is 3.07. The Balaban J connectivity index is 1.83. The molecule has 0 aromatic carbocycles. The lowest BCUT2D eigenvalue weighted by Gasteiger charge is -2.39. The minimum Gasteiger partial charge on any atom is -0.379 e. The molecule has 0 atom stereocenters. The predicted octanol–water partition coefficient (Wildman–Crippen LogP) is 1.96. The Morgan fingerprint density at radius 1 is 1.35 bits per heavy atom. The molecule has 1 saturated heterocycles. The van der Waals surface area contributed by atoms with E-state index in [-0.39, 0.29) is 5.54 Å². The van der Waals surface area contributed by atoms with Crippen LogP contribution in [0.4, 0.5) is 0 Å². The Morgan fingerprint density at radius 3 is 2.78 bits per heavy atom. The van der Waals surface area contributed by atoms with Gasteiger partial charge in [-0.15, -0.1) is 11.3 Å². The van der Waals surface area contributed by atoms with E-state index in [1.807, 2.05) is 0 Å². The third-order valence-corrected chi connectivity index (χ3v) is 5.02. The number of thiophene rings is 1. The molecule has 0 spiro atoms. The highest BCUT2D eigenvalue weighted by atomic mass is 32.1. The van der Waals surface area contributed by atoms with Gasteiger partial charge in [0.05, 0.1) is 19.8 Å². The Hall–Kier alpha value is -1.11. The monoisotopic (exact) mass is 338 g/mol. The van der Waals surface area contributed by atoms with Crippen molar-refractivity contribution in [3.05, 3.63) is 22.4 Å². The van der Waals surface area contributed by atoms with Crippen molar-refractivity contribution in [2.24, 2.45) is 4.99 Å². The van der Waals surface area contributed by atoms with Gasteiger partial charge < -0.3 is 15.4 Å². The van der Waals surface area contributed by atoms with Crippen molar-refractivity contribution in [1.82, 2.24) is 15.5 Å². The maximum atomic E-state index is 5.45. The standard InChI is InChI=1S/C17H30N4OS/c1-4-18-16(19-8-7-15-6-5-13-23-15)20-14-17(2,3)21-9-11-22-12-10-21/h5-6,13H,4,7-12,14H2,1-3H3,(H2,18,19,20). The van der Waals surface area contributed by atoms with Crippen LogP contribution in [0, 0.1) is 0 Å². The number of guanidine groups is 1. The number of hydrogen-bond acceptors (Lipinski definition) is 4. The largest absolute Gasteiger partial charge is 0.379 e. The minimum atomic E-state index is 0.0554. The quantitative estimate of drug-likeness (QED) is 0.589. The molecule has 130 valence electrons. The number of ether oxygens (including phenoxy) is 1. The molecule has 1 aliphatic rings. The summed E-state index contributed by atoms with van der Waals surface area (Å²) in [6.07, 6.45) is 1.04. The van der Waals surface area contributed by atoms with Crippen LogP contribution >= 0.6 is 11.3 Å². The van der Waals surface area contributed by atoms with Crippen LogP contribution < -0.4 is 10.6 Å². The van der Waals surface area contributed by atoms with Crippen LogP contribution in [0.2, 0.25) is 0 Å². The second-order valence-electron chi connectivity index (χ2n) is 6.36. The number of morpholine rings is 1. The zero-order valence-electron chi connectivity index (χ0n) is 14.6. The highest BCUT2D eigenvalue weighted by molar-refractivity contribution is 7.09. The minimum absolute atomic E-state index is 0.0554. The van der Waals surface area contributed by atoms with Crippen molar-refractivity contribution in [3.8, 4) is 0 Å². The number of nitrogens with zero attached hydrogens (tertiary/aromatic N) is 2. The summed E-state index contributed by atoms with van der Waals surface area (Å²) in [5, 5.41) is 8.90. The molecular weight excluding hydrogens is 308 g/mol. The van der Waals surface area contributed by atoms with Crippen molar-refractivity contribution in [1.29, 1.82) is 0 Å². The number of aliphatic imine (C=N–C) groups is 1. The van der Waals surface area contributed by atoms with Crippen LogP contribution in [-0.2, 0) is 11.2 Å². The maximum absolute atomic E-state index is 5.45. The van der Waals surface area contributed by atoms with Gasteiger partial charge in [0.25, 0.3) is 0 Å². The summed E-state index contributed by atoms with van der Waals surface area (Å²) >= 11 is 1.81. The molecule has 2 heterocycles. The molecule has 2 rings (SSSR count). The molecule has 23 heavy (non-hydrogen) atoms. The fraction of sp³-hybridized carbons (Fsp3) is 0.706. The summed E-state index contributed by atoms with van der Waals surface area (Å²) in [6.45, 7) is 12.8. The van der Waals surface area contributed by atoms with Gasteiger partial charge in [0.2, 0.25) is 0 Å². The summed E-state index contributed by atoms with van der Waals surface area (Å²) in [4.78, 5) is 8.67. The molecule has 0 bridgehead atoms. The number of rotatable bonds is 7. The Bertz CT molecular complexity index is 467. The number of nitrogens with one attached hydrogen (secondary N) is 2. The van der Waals surface area contributed by atoms with Crippen LogP contribution in [-0.4, -0.2) is 62.3 Å². The van der Waals surface area contributed by atoms with Gasteiger partial charge in [-0.3, -0.25) is 9.89 Å². The van der Waals surface area contributed by atoms with Gasteiger partial charge in [-0.2, -0.15) is 0 Å². The molecule has 1 fully saturated rings. The first kappa shape index (κ1) is 18.2. The van der Waals surface area contributed by atoms with Gasteiger partial charge in [0.1, 0.15) is 0 Å². The lowest BCUT2D eigenvalue weighted by atomic mass is 10.0. The molecule has 6 heteroatoms. The van der Waals surface area contributed by atoms with Gasteiger partial charge in [0, 0.05) is 36.6 Å². The van der Waals surface area contributed by atoms with E-state index in [1.54, 1.807) is 11.3 Å². The van der Waals surface area contributed by atoms with E-state index in [0.29, 0.717) is 0 Å². The first-order valence-electron chi connectivity index (χ1n) is 8.49. The van der Waals surface area contributed by atoms with E-state index in [2.05, 4.69) is 53.8 Å². The topological polar surface area (TPSA) is 48.9 Å². The van der Waals surface area contributed by atoms with E-state index in [4.69, 9.17) is 9.73 Å². The highest BCUT2D eigenvalue weighted by Crippen LogP contribution is 2.16. The Kier molecular flexibility index (Phi) is 7.33. The van der Waals surface area contributed by atoms with E-state index in [9.17, 15) is 0 Å². The molecule has 1 aliphatic heterocycles. The van der Waals surface area contributed by atoms with Crippen molar-refractivity contribution < 1.29 is 4.74 Å². The van der Waals surface area contributed by atoms with Crippen LogP contribution in [0.15, 0.2) is 22.5 Å². The van der Waals surface area contributed by atoms with Crippen LogP contribution in [0.5, 0.6) is 0 Å². The summed E-state index contributed by atoms with van der Waals surface area (Å²) in [5.74, 6) is 0.908. The fourth-order valence-corrected chi connectivity index (χ4v) is 3.35. The van der Waals surface area contributed by atoms with E-state index in [0.717, 1.165) is 58.3 Å². The number of hydrogen-bond donors (Lipinski definition) is 2. The van der Waals surface area contributed by atoms with Crippen molar-refractivity contribution in [2.75, 3.05) is 45.9 Å². The fourth-order valence-electron chi connectivity index (χ4n) is 2.64. The summed E-state index contributed by atoms with van der Waals surface area (Å²) in [5.41, 5.74) is 0.0554. The molecule has 2 N–H and O–H groups in total. The second kappa shape index (κ2) is 9.25. The lowest BCUT2D eigenvalue weighted by Crippen LogP contribution is -2.52. The molecule has 1 aromatic rings. The maximum Gasteiger partial charge on any atom is 0.191 e. The lowest BCUT2D eigenvalue weighted by molar-refractivity contribution is -0.00683. The van der Waals surface area contributed by atoms with E-state index < -0.39 is 0 Å². The van der Waals surface area contributed by atoms with Gasteiger partial charge in [0.15, 0.2) is 5.96 Å². The van der Waals surface area contributed by atoms with Crippen LogP contribution in [0.3, 0.4) is 0 Å². The van der Waals surface area contributed by atoms with Crippen molar-refractivity contribution in [3.63, 3.8) is 0 Å². The average molecular weight is 339 g/mol. The molecule has 1 aromatic heterocycles. The normalized spacial score (nSPS) is 17.3. The van der Waals surface area contributed by atoms with E-state index in [1.165, 1.54) is 4.88 Å². The van der Waals surface area contributed by atoms with Gasteiger partial charge in [-0.25, -0.2) is 0 Å². The third-order valence-electron chi connectivity index (χ3n) is 4.08. The van der Waals surface area contributed by atoms with Crippen molar-refractivity contribution >= 4 is 17.3 Å². The van der Waals surface area contributed by atoms with Gasteiger partial charge in [-0.05, 0) is 38.6 Å². The van der Waals surface area contributed by atoms with Crippen LogP contribution in [0.25, 0.3) is 0 Å². The smallest absolute Gasteiger partial charge is 0.191 e. The molecule has 0 saturated carbocycles. The van der Waals surface area contributed by atoms with Gasteiger partial charge in [-0.1, -0.05) is 6.07 Å². The Labute approximate surface area is 144 Å². The molecule has 0 unspecified atom stereocenters. The molecule has 0 aliphatic carbocycles. The third kappa shape index (κ3) is 6.12. The highest BCUT2D eigenvalue weighted by Gasteiger charge is 2.27. The Morgan fingerprint density at radius 2 is 2.13 bits per heavy atom. The first-order chi connectivity index (χ1) is 11.1. The molecular formula is C17H30N4OS. The molecule has 0 radical (unpaired) electrons. The van der Waals surface area contributed by atoms with Gasteiger partial charge >= 0.3 is 0 Å². The summed E-state index contributed by atoms with van der Waals surface area (Å²) in [6, 6.07) is 4.28. The second-order valence-corrected chi connectivity index (χ2v) is 7.40. The molecule has 5 nitrogen and oxygen atoms in total. The van der Waals surface area contributed by atoms with E-state index >= 15 is 0 Å². The summed E-state index contributed by atoms with van der Waals surface area (Å²) < 4.78 is 5.45. The summed E-state index contributed by atoms with van der Waals surface area (Å²) in [7, 11) is 0. The van der Waals surface area contributed by atoms with Crippen LogP contribution in [0.1, 0.15) is 25.6 Å². The van der Waals surface area contributed by atoms with Crippen molar-refractivity contribution in [2.45, 2.75) is 32.7 Å². The zero-order chi connectivity index (χ0) is 16.5. The molecule has 0 amide bonds. The first-order valence-corrected chi connectivity index (χ1v) is 9.37. The SMILES string of the molecule is CCNC(=NCC(C)(C)N1CCOCC1)NCCc1cccs1. The zero-order valence-corrected chi connectivity index (χ0v) is 15.4.